The van der Waals surface area contributed by atoms with Gasteiger partial charge in [0.2, 0.25) is 0 Å². The lowest BCUT2D eigenvalue weighted by Gasteiger charge is -2.34. The van der Waals surface area contributed by atoms with E-state index in [1.807, 2.05) is 21.8 Å². The monoisotopic (exact) mass is 324 g/mol. The summed E-state index contributed by atoms with van der Waals surface area (Å²) in [4.78, 5) is 14.5. The molecule has 0 aliphatic carbocycles. The van der Waals surface area contributed by atoms with E-state index in [2.05, 4.69) is 11.2 Å². The molecule has 0 bridgehead atoms. The van der Waals surface area contributed by atoms with E-state index < -0.39 is 6.10 Å². The number of hydrogen-bond acceptors (Lipinski definition) is 4. The normalized spacial score (nSPS) is 18.7. The molecule has 1 aliphatic rings. The summed E-state index contributed by atoms with van der Waals surface area (Å²) in [5.41, 5.74) is 0.435. The predicted octanol–water partition coefficient (Wildman–Crippen LogP) is 2.39. The summed E-state index contributed by atoms with van der Waals surface area (Å²) in [5.74, 6) is 0.390. The zero-order valence-electron chi connectivity index (χ0n) is 13.6. The molecule has 0 saturated carbocycles. The maximum atomic E-state index is 12.7. The van der Waals surface area contributed by atoms with Gasteiger partial charge in [-0.25, -0.2) is 0 Å². The number of hydrogen-bond donors (Lipinski definition) is 0. The molecule has 0 unspecified atom stereocenters. The predicted molar refractivity (Wildman–Crippen MR) is 88.3 cm³/mol. The van der Waals surface area contributed by atoms with E-state index in [1.165, 1.54) is 0 Å². The van der Waals surface area contributed by atoms with Crippen LogP contribution in [0.25, 0.3) is 0 Å². The molecule has 0 N–H and O–H groups in total. The molecular formula is C18H20N4O2. The van der Waals surface area contributed by atoms with Crippen LogP contribution in [0.3, 0.4) is 0 Å². The fourth-order valence-electron chi connectivity index (χ4n) is 3.03. The Kier molecular flexibility index (Phi) is 4.80. The highest BCUT2D eigenvalue weighted by Crippen LogP contribution is 2.23. The summed E-state index contributed by atoms with van der Waals surface area (Å²) >= 11 is 0. The maximum absolute atomic E-state index is 12.7. The minimum atomic E-state index is -0.629. The Morgan fingerprint density at radius 2 is 2.25 bits per heavy atom. The molecule has 6 heteroatoms. The highest BCUT2D eigenvalue weighted by molar-refractivity contribution is 5.81. The number of carbonyl (C=O) groups excluding carboxylic acids is 1. The lowest BCUT2D eigenvalue weighted by molar-refractivity contribution is -0.139. The SMILES string of the molecule is C[C@H](Oc1ccccc1C#N)C(=O)N1CCC[C@H](n2cccn2)C1. The van der Waals surface area contributed by atoms with Gasteiger partial charge in [-0.15, -0.1) is 0 Å². The number of piperidine rings is 1. The third-order valence-corrected chi connectivity index (χ3v) is 4.27. The second kappa shape index (κ2) is 7.18. The molecule has 6 nitrogen and oxygen atoms in total. The van der Waals surface area contributed by atoms with E-state index in [4.69, 9.17) is 10.00 Å². The van der Waals surface area contributed by atoms with Gasteiger partial charge in [-0.05, 0) is 38.0 Å². The molecule has 1 amide bonds. The van der Waals surface area contributed by atoms with E-state index in [0.717, 1.165) is 19.4 Å². The largest absolute Gasteiger partial charge is 0.480 e. The number of likely N-dealkylation sites (tertiary alicyclic amines) is 1. The Morgan fingerprint density at radius 3 is 3.00 bits per heavy atom. The second-order valence-corrected chi connectivity index (χ2v) is 5.93. The molecule has 0 spiro atoms. The van der Waals surface area contributed by atoms with Crippen molar-refractivity contribution in [2.45, 2.75) is 31.9 Å². The maximum Gasteiger partial charge on any atom is 0.263 e. The first-order valence-electron chi connectivity index (χ1n) is 8.12. The van der Waals surface area contributed by atoms with Crippen molar-refractivity contribution in [3.8, 4) is 11.8 Å². The van der Waals surface area contributed by atoms with Crippen LogP contribution in [0.4, 0.5) is 0 Å². The Hall–Kier alpha value is -2.81. The number of carbonyl (C=O) groups is 1. The summed E-state index contributed by atoms with van der Waals surface area (Å²) in [5, 5.41) is 13.4. The van der Waals surface area contributed by atoms with Gasteiger partial charge in [0.15, 0.2) is 6.10 Å². The van der Waals surface area contributed by atoms with Crippen molar-refractivity contribution in [3.05, 3.63) is 48.3 Å². The topological polar surface area (TPSA) is 71.2 Å². The van der Waals surface area contributed by atoms with Crippen LogP contribution >= 0.6 is 0 Å². The molecule has 1 aromatic carbocycles. The van der Waals surface area contributed by atoms with Crippen molar-refractivity contribution in [1.82, 2.24) is 14.7 Å². The Morgan fingerprint density at radius 1 is 1.42 bits per heavy atom. The fraction of sp³-hybridized carbons (Fsp3) is 0.389. The molecule has 1 saturated heterocycles. The van der Waals surface area contributed by atoms with Crippen molar-refractivity contribution in [1.29, 1.82) is 5.26 Å². The van der Waals surface area contributed by atoms with Crippen molar-refractivity contribution in [3.63, 3.8) is 0 Å². The molecule has 2 atom stereocenters. The van der Waals surface area contributed by atoms with Gasteiger partial charge in [-0.1, -0.05) is 12.1 Å². The third kappa shape index (κ3) is 3.40. The van der Waals surface area contributed by atoms with Gasteiger partial charge in [0.1, 0.15) is 11.8 Å². The van der Waals surface area contributed by atoms with E-state index in [0.29, 0.717) is 17.9 Å². The van der Waals surface area contributed by atoms with Crippen LogP contribution in [0.15, 0.2) is 42.7 Å². The van der Waals surface area contributed by atoms with E-state index >= 15 is 0 Å². The van der Waals surface area contributed by atoms with Crippen molar-refractivity contribution in [2.24, 2.45) is 0 Å². The summed E-state index contributed by atoms with van der Waals surface area (Å²) < 4.78 is 7.65. The molecule has 1 aromatic heterocycles. The van der Waals surface area contributed by atoms with Gasteiger partial charge >= 0.3 is 0 Å². The van der Waals surface area contributed by atoms with E-state index in [1.54, 1.807) is 37.4 Å². The third-order valence-electron chi connectivity index (χ3n) is 4.27. The van der Waals surface area contributed by atoms with Crippen LogP contribution in [0.5, 0.6) is 5.75 Å². The number of nitriles is 1. The lowest BCUT2D eigenvalue weighted by Crippen LogP contribution is -2.46. The standard InChI is InChI=1S/C18H20N4O2/c1-14(24-17-8-3-2-6-15(17)12-19)18(23)21-10-4-7-16(13-21)22-11-5-9-20-22/h2-3,5-6,8-9,11,14,16H,4,7,10,13H2,1H3/t14-,16-/m0/s1. The number of aromatic nitrogens is 2. The summed E-state index contributed by atoms with van der Waals surface area (Å²) in [7, 11) is 0. The Balaban J connectivity index is 1.66. The van der Waals surface area contributed by atoms with Crippen molar-refractivity contribution in [2.75, 3.05) is 13.1 Å². The van der Waals surface area contributed by atoms with E-state index in [9.17, 15) is 4.79 Å². The molecule has 2 aromatic rings. The number of rotatable bonds is 4. The molecule has 1 aliphatic heterocycles. The molecule has 0 radical (unpaired) electrons. The van der Waals surface area contributed by atoms with Gasteiger partial charge in [0, 0.05) is 25.5 Å². The summed E-state index contributed by atoms with van der Waals surface area (Å²) in [6, 6.07) is 11.1. The first-order chi connectivity index (χ1) is 11.7. The lowest BCUT2D eigenvalue weighted by atomic mass is 10.1. The van der Waals surface area contributed by atoms with E-state index in [-0.39, 0.29) is 11.9 Å². The van der Waals surface area contributed by atoms with Crippen molar-refractivity contribution >= 4 is 5.91 Å². The van der Waals surface area contributed by atoms with Crippen LogP contribution in [-0.4, -0.2) is 39.8 Å². The number of amides is 1. The average molecular weight is 324 g/mol. The number of nitrogens with zero attached hydrogens (tertiary/aromatic N) is 4. The molecule has 3 rings (SSSR count). The molecule has 1 fully saturated rings. The molecular weight excluding hydrogens is 304 g/mol. The number of benzene rings is 1. The van der Waals surface area contributed by atoms with Crippen LogP contribution in [0.2, 0.25) is 0 Å². The first kappa shape index (κ1) is 16.1. The highest BCUT2D eigenvalue weighted by Gasteiger charge is 2.29. The number of ether oxygens (including phenoxy) is 1. The van der Waals surface area contributed by atoms with Crippen LogP contribution in [0, 0.1) is 11.3 Å². The van der Waals surface area contributed by atoms with Gasteiger partial charge in [-0.2, -0.15) is 10.4 Å². The van der Waals surface area contributed by atoms with Gasteiger partial charge in [0.25, 0.3) is 5.91 Å². The molecule has 24 heavy (non-hydrogen) atoms. The van der Waals surface area contributed by atoms with Crippen molar-refractivity contribution < 1.29 is 9.53 Å². The van der Waals surface area contributed by atoms with Gasteiger partial charge < -0.3 is 9.64 Å². The van der Waals surface area contributed by atoms with Gasteiger partial charge in [-0.3, -0.25) is 9.48 Å². The smallest absolute Gasteiger partial charge is 0.263 e. The summed E-state index contributed by atoms with van der Waals surface area (Å²) in [6.07, 6.45) is 5.01. The molecule has 124 valence electrons. The minimum Gasteiger partial charge on any atom is -0.480 e. The van der Waals surface area contributed by atoms with Crippen LogP contribution in [-0.2, 0) is 4.79 Å². The Labute approximate surface area is 141 Å². The Bertz CT molecular complexity index is 736. The minimum absolute atomic E-state index is 0.0559. The zero-order chi connectivity index (χ0) is 16.9. The zero-order valence-corrected chi connectivity index (χ0v) is 13.6. The molecule has 2 heterocycles. The number of para-hydroxylation sites is 1. The second-order valence-electron chi connectivity index (χ2n) is 5.93. The average Bonchev–Trinajstić information content (AvgIpc) is 3.16. The highest BCUT2D eigenvalue weighted by atomic mass is 16.5. The summed E-state index contributed by atoms with van der Waals surface area (Å²) in [6.45, 7) is 3.09. The quantitative estimate of drug-likeness (QED) is 0.866. The van der Waals surface area contributed by atoms with Crippen LogP contribution < -0.4 is 4.74 Å². The van der Waals surface area contributed by atoms with Crippen LogP contribution in [0.1, 0.15) is 31.4 Å². The first-order valence-corrected chi connectivity index (χ1v) is 8.12. The van der Waals surface area contributed by atoms with Gasteiger partial charge in [0.05, 0.1) is 11.6 Å². The fourth-order valence-corrected chi connectivity index (χ4v) is 3.03.